The Kier molecular flexibility index (Phi) is 4.01. The number of hydrogen-bond acceptors (Lipinski definition) is 4. The summed E-state index contributed by atoms with van der Waals surface area (Å²) in [6, 6.07) is 8.14. The summed E-state index contributed by atoms with van der Waals surface area (Å²) in [6.45, 7) is 4.93. The monoisotopic (exact) mass is 395 g/mol. The van der Waals surface area contributed by atoms with Gasteiger partial charge in [0.25, 0.3) is 0 Å². The third kappa shape index (κ3) is 2.59. The second-order valence-corrected chi connectivity index (χ2v) is 6.51. The number of halogens is 1. The van der Waals surface area contributed by atoms with Gasteiger partial charge in [-0.1, -0.05) is 32.0 Å². The largest absolute Gasteiger partial charge is 0.492 e. The van der Waals surface area contributed by atoms with Crippen molar-refractivity contribution in [2.75, 3.05) is 19.0 Å². The number of anilines is 1. The highest BCUT2D eigenvalue weighted by molar-refractivity contribution is 14.1. The number of aromatic nitrogens is 2. The molecule has 4 nitrogen and oxygen atoms in total. The molecule has 5 heteroatoms. The van der Waals surface area contributed by atoms with Gasteiger partial charge >= 0.3 is 0 Å². The number of rotatable bonds is 3. The second kappa shape index (κ2) is 5.79. The maximum Gasteiger partial charge on any atom is 0.143 e. The smallest absolute Gasteiger partial charge is 0.143 e. The molecule has 1 aliphatic heterocycles. The molecule has 0 spiro atoms. The summed E-state index contributed by atoms with van der Waals surface area (Å²) in [5.74, 6) is 3.16. The topological polar surface area (TPSA) is 47.0 Å². The third-order valence-electron chi connectivity index (χ3n) is 3.69. The van der Waals surface area contributed by atoms with Crippen LogP contribution >= 0.6 is 22.6 Å². The molecular formula is C16H18IN3O. The number of nitrogens with one attached hydrogen (secondary N) is 1. The highest BCUT2D eigenvalue weighted by Crippen LogP contribution is 2.38. The van der Waals surface area contributed by atoms with E-state index in [4.69, 9.17) is 14.7 Å². The molecular weight excluding hydrogens is 377 g/mol. The molecule has 1 aromatic heterocycles. The Balaban J connectivity index is 2.10. The lowest BCUT2D eigenvalue weighted by molar-refractivity contribution is 0.339. The van der Waals surface area contributed by atoms with Crippen LogP contribution in [0.3, 0.4) is 0 Å². The maximum absolute atomic E-state index is 5.77. The molecule has 0 bridgehead atoms. The molecule has 0 amide bonds. The molecule has 0 fully saturated rings. The van der Waals surface area contributed by atoms with Crippen LogP contribution in [-0.2, 0) is 0 Å². The molecule has 0 saturated carbocycles. The van der Waals surface area contributed by atoms with Gasteiger partial charge in [-0.3, -0.25) is 0 Å². The minimum absolute atomic E-state index is 0.114. The van der Waals surface area contributed by atoms with Crippen molar-refractivity contribution in [2.45, 2.75) is 25.7 Å². The Bertz CT molecular complexity index is 673. The lowest BCUT2D eigenvalue weighted by Crippen LogP contribution is -2.13. The van der Waals surface area contributed by atoms with Crippen molar-refractivity contribution < 1.29 is 4.74 Å². The quantitative estimate of drug-likeness (QED) is 0.804. The van der Waals surface area contributed by atoms with Gasteiger partial charge < -0.3 is 10.1 Å². The van der Waals surface area contributed by atoms with E-state index in [1.165, 1.54) is 5.56 Å². The molecule has 3 rings (SSSR count). The van der Waals surface area contributed by atoms with Crippen LogP contribution in [0.15, 0.2) is 24.3 Å². The van der Waals surface area contributed by atoms with Gasteiger partial charge in [-0.25, -0.2) is 9.97 Å². The van der Waals surface area contributed by atoms with Crippen molar-refractivity contribution in [2.24, 2.45) is 0 Å². The number of hydrogen-bond donors (Lipinski definition) is 1. The fourth-order valence-corrected chi connectivity index (χ4v) is 3.70. The van der Waals surface area contributed by atoms with Gasteiger partial charge in [0, 0.05) is 12.6 Å². The van der Waals surface area contributed by atoms with Crippen LogP contribution in [0.4, 0.5) is 5.82 Å². The Morgan fingerprint density at radius 1 is 1.29 bits per heavy atom. The van der Waals surface area contributed by atoms with Gasteiger partial charge in [-0.15, -0.1) is 0 Å². The van der Waals surface area contributed by atoms with Gasteiger partial charge in [0.2, 0.25) is 0 Å². The normalized spacial score (nSPS) is 16.7. The summed E-state index contributed by atoms with van der Waals surface area (Å²) >= 11 is 2.32. The van der Waals surface area contributed by atoms with Crippen LogP contribution in [0.1, 0.15) is 42.8 Å². The first-order valence-electron chi connectivity index (χ1n) is 7.08. The zero-order valence-corrected chi connectivity index (χ0v) is 14.5. The van der Waals surface area contributed by atoms with Crippen molar-refractivity contribution in [1.82, 2.24) is 9.97 Å². The van der Waals surface area contributed by atoms with E-state index in [0.29, 0.717) is 12.5 Å². The first-order chi connectivity index (χ1) is 10.1. The van der Waals surface area contributed by atoms with Crippen LogP contribution < -0.4 is 10.1 Å². The van der Waals surface area contributed by atoms with Crippen LogP contribution in [0.5, 0.6) is 5.75 Å². The van der Waals surface area contributed by atoms with E-state index in [9.17, 15) is 0 Å². The standard InChI is InChI=1S/C16H18IN3O/c1-9(2)14-13(17)16(18-3)20-15(19-14)11-8-21-12-7-5-4-6-10(11)12/h4-7,9,11H,8H2,1-3H3,(H,18,19,20). The molecule has 1 aliphatic rings. The van der Waals surface area contributed by atoms with E-state index in [1.807, 2.05) is 25.2 Å². The molecule has 1 N–H and O–H groups in total. The molecule has 0 saturated heterocycles. The van der Waals surface area contributed by atoms with Crippen molar-refractivity contribution in [3.05, 3.63) is 44.9 Å². The summed E-state index contributed by atoms with van der Waals surface area (Å²) in [5.41, 5.74) is 2.27. The summed E-state index contributed by atoms with van der Waals surface area (Å²) in [7, 11) is 1.90. The van der Waals surface area contributed by atoms with Gasteiger partial charge in [0.1, 0.15) is 24.0 Å². The fraction of sp³-hybridized carbons (Fsp3) is 0.375. The Hall–Kier alpha value is -1.37. The van der Waals surface area contributed by atoms with Crippen molar-refractivity contribution in [3.8, 4) is 5.75 Å². The Morgan fingerprint density at radius 2 is 2.05 bits per heavy atom. The van der Waals surface area contributed by atoms with Crippen molar-refractivity contribution in [3.63, 3.8) is 0 Å². The summed E-state index contributed by atoms with van der Waals surface area (Å²) in [4.78, 5) is 9.53. The van der Waals surface area contributed by atoms with E-state index in [1.54, 1.807) is 0 Å². The SMILES string of the molecule is CNc1nc(C2COc3ccccc32)nc(C(C)C)c1I. The molecule has 2 heterocycles. The van der Waals surface area contributed by atoms with Gasteiger partial charge in [-0.2, -0.15) is 0 Å². The fourth-order valence-electron chi connectivity index (χ4n) is 2.56. The first-order valence-corrected chi connectivity index (χ1v) is 8.16. The predicted octanol–water partition coefficient (Wildman–Crippen LogP) is 3.77. The van der Waals surface area contributed by atoms with Crippen molar-refractivity contribution in [1.29, 1.82) is 0 Å². The summed E-state index contributed by atoms with van der Waals surface area (Å²) in [5, 5.41) is 3.18. The molecule has 21 heavy (non-hydrogen) atoms. The minimum atomic E-state index is 0.114. The van der Waals surface area contributed by atoms with Gasteiger partial charge in [0.05, 0.1) is 15.2 Å². The zero-order chi connectivity index (χ0) is 15.0. The average Bonchev–Trinajstić information content (AvgIpc) is 2.91. The molecule has 1 atom stereocenters. The van der Waals surface area contributed by atoms with Gasteiger partial charge in [0.15, 0.2) is 0 Å². The average molecular weight is 395 g/mol. The number of benzene rings is 1. The highest BCUT2D eigenvalue weighted by Gasteiger charge is 2.29. The molecule has 2 aromatic rings. The Labute approximate surface area is 138 Å². The van der Waals surface area contributed by atoms with E-state index in [2.05, 4.69) is 47.8 Å². The number of para-hydroxylation sites is 1. The predicted molar refractivity (Wildman–Crippen MR) is 92.2 cm³/mol. The first kappa shape index (κ1) is 14.6. The lowest BCUT2D eigenvalue weighted by atomic mass is 10.00. The van der Waals surface area contributed by atoms with E-state index >= 15 is 0 Å². The maximum atomic E-state index is 5.77. The number of nitrogens with zero attached hydrogens (tertiary/aromatic N) is 2. The number of ether oxygens (including phenoxy) is 1. The van der Waals surface area contributed by atoms with Crippen LogP contribution in [0.2, 0.25) is 0 Å². The third-order valence-corrected chi connectivity index (χ3v) is 4.75. The molecule has 1 aromatic carbocycles. The molecule has 0 radical (unpaired) electrons. The Morgan fingerprint density at radius 3 is 2.76 bits per heavy atom. The highest BCUT2D eigenvalue weighted by atomic mass is 127. The molecule has 1 unspecified atom stereocenters. The van der Waals surface area contributed by atoms with Crippen molar-refractivity contribution >= 4 is 28.4 Å². The second-order valence-electron chi connectivity index (χ2n) is 5.44. The summed E-state index contributed by atoms with van der Waals surface area (Å²) in [6.07, 6.45) is 0. The minimum Gasteiger partial charge on any atom is -0.492 e. The van der Waals surface area contributed by atoms with Crippen LogP contribution in [0, 0.1) is 3.57 Å². The van der Waals surface area contributed by atoms with E-state index in [0.717, 1.165) is 26.7 Å². The summed E-state index contributed by atoms with van der Waals surface area (Å²) < 4.78 is 6.87. The van der Waals surface area contributed by atoms with E-state index < -0.39 is 0 Å². The number of fused-ring (bicyclic) bond motifs is 1. The molecule has 110 valence electrons. The lowest BCUT2D eigenvalue weighted by Gasteiger charge is -2.16. The van der Waals surface area contributed by atoms with Crippen LogP contribution in [-0.4, -0.2) is 23.6 Å². The zero-order valence-electron chi connectivity index (χ0n) is 12.4. The molecule has 0 aliphatic carbocycles. The van der Waals surface area contributed by atoms with Gasteiger partial charge in [-0.05, 0) is 34.6 Å². The van der Waals surface area contributed by atoms with Crippen LogP contribution in [0.25, 0.3) is 0 Å². The van der Waals surface area contributed by atoms with E-state index in [-0.39, 0.29) is 5.92 Å².